The van der Waals surface area contributed by atoms with E-state index in [1.54, 1.807) is 24.3 Å². The molecule has 162 valence electrons. The molecule has 1 aromatic heterocycles. The van der Waals surface area contributed by atoms with Crippen LogP contribution in [0.15, 0.2) is 52.7 Å². The van der Waals surface area contributed by atoms with Gasteiger partial charge >= 0.3 is 0 Å². The van der Waals surface area contributed by atoms with Crippen LogP contribution >= 0.6 is 23.1 Å². The van der Waals surface area contributed by atoms with Gasteiger partial charge in [0.1, 0.15) is 17.1 Å². The molecule has 0 radical (unpaired) electrons. The monoisotopic (exact) mass is 457 g/mol. The van der Waals surface area contributed by atoms with Crippen molar-refractivity contribution in [3.8, 4) is 11.5 Å². The molecular formula is C22H23N3O4S2. The number of methoxy groups -OCH3 is 2. The second-order valence-corrected chi connectivity index (χ2v) is 8.84. The number of carbonyl (C=O) groups excluding carboxylic acids is 2. The molecule has 3 aromatic rings. The van der Waals surface area contributed by atoms with E-state index in [1.807, 2.05) is 37.4 Å². The summed E-state index contributed by atoms with van der Waals surface area (Å²) in [4.78, 5) is 30.4. The second kappa shape index (κ2) is 10.3. The van der Waals surface area contributed by atoms with Crippen molar-refractivity contribution < 1.29 is 19.1 Å². The Morgan fingerprint density at radius 2 is 1.74 bits per heavy atom. The molecule has 1 unspecified atom stereocenters. The van der Waals surface area contributed by atoms with E-state index >= 15 is 0 Å². The average molecular weight is 458 g/mol. The third-order valence-corrected chi connectivity index (χ3v) is 6.25. The number of hydrogen-bond acceptors (Lipinski definition) is 7. The van der Waals surface area contributed by atoms with Crippen molar-refractivity contribution in [3.63, 3.8) is 0 Å². The Labute approximate surface area is 189 Å². The van der Waals surface area contributed by atoms with Gasteiger partial charge in [-0.15, -0.1) is 23.1 Å². The van der Waals surface area contributed by atoms with E-state index in [-0.39, 0.29) is 17.1 Å². The lowest BCUT2D eigenvalue weighted by Gasteiger charge is -2.14. The zero-order chi connectivity index (χ0) is 22.4. The minimum absolute atomic E-state index is 0.132. The highest BCUT2D eigenvalue weighted by Gasteiger charge is 2.19. The van der Waals surface area contributed by atoms with Crippen LogP contribution in [0.1, 0.15) is 23.0 Å². The number of benzene rings is 2. The van der Waals surface area contributed by atoms with E-state index in [4.69, 9.17) is 9.47 Å². The first-order valence-electron chi connectivity index (χ1n) is 9.43. The average Bonchev–Trinajstić information content (AvgIpc) is 3.17. The van der Waals surface area contributed by atoms with Crippen LogP contribution in [0.4, 0.5) is 10.8 Å². The number of aromatic nitrogens is 1. The van der Waals surface area contributed by atoms with Gasteiger partial charge in [-0.2, -0.15) is 0 Å². The molecule has 0 bridgehead atoms. The van der Waals surface area contributed by atoms with Crippen molar-refractivity contribution in [3.05, 3.63) is 59.1 Å². The molecule has 0 saturated carbocycles. The molecule has 0 fully saturated rings. The second-order valence-electron chi connectivity index (χ2n) is 6.56. The van der Waals surface area contributed by atoms with Crippen molar-refractivity contribution in [1.82, 2.24) is 4.98 Å². The molecule has 31 heavy (non-hydrogen) atoms. The van der Waals surface area contributed by atoms with E-state index in [2.05, 4.69) is 15.6 Å². The van der Waals surface area contributed by atoms with E-state index < -0.39 is 0 Å². The molecular weight excluding hydrogens is 434 g/mol. The Morgan fingerprint density at radius 3 is 2.35 bits per heavy atom. The van der Waals surface area contributed by atoms with Gasteiger partial charge in [0.2, 0.25) is 5.91 Å². The number of hydrogen-bond donors (Lipinski definition) is 2. The Morgan fingerprint density at radius 1 is 1.06 bits per heavy atom. The van der Waals surface area contributed by atoms with Crippen LogP contribution < -0.4 is 20.1 Å². The van der Waals surface area contributed by atoms with Gasteiger partial charge in [0, 0.05) is 16.0 Å². The molecule has 2 aromatic carbocycles. The molecule has 2 N–H and O–H groups in total. The molecule has 0 aliphatic heterocycles. The fourth-order valence-corrected chi connectivity index (χ4v) is 4.41. The molecule has 9 heteroatoms. The number of rotatable bonds is 8. The predicted octanol–water partition coefficient (Wildman–Crippen LogP) is 4.84. The molecule has 0 aliphatic carbocycles. The number of thioether (sulfide) groups is 1. The SMILES string of the molecule is COc1cccc(OC)c1C(=O)Nc1cccc(SC(C)C(=O)Nc2nc(C)cs2)c1. The van der Waals surface area contributed by atoms with Crippen molar-refractivity contribution in [2.24, 2.45) is 0 Å². The van der Waals surface area contributed by atoms with Gasteiger partial charge in [-0.3, -0.25) is 9.59 Å². The fourth-order valence-electron chi connectivity index (χ4n) is 2.79. The lowest BCUT2D eigenvalue weighted by Crippen LogP contribution is -2.22. The van der Waals surface area contributed by atoms with E-state index in [9.17, 15) is 9.59 Å². The molecule has 0 aliphatic rings. The summed E-state index contributed by atoms with van der Waals surface area (Å²) in [5.74, 6) is 0.365. The van der Waals surface area contributed by atoms with Gasteiger partial charge < -0.3 is 20.1 Å². The first-order chi connectivity index (χ1) is 14.9. The Hall–Kier alpha value is -3.04. The number of carbonyl (C=O) groups is 2. The van der Waals surface area contributed by atoms with Gasteiger partial charge in [-0.05, 0) is 44.2 Å². The Kier molecular flexibility index (Phi) is 7.54. The molecule has 1 atom stereocenters. The third kappa shape index (κ3) is 5.77. The van der Waals surface area contributed by atoms with Crippen LogP contribution in [-0.4, -0.2) is 36.3 Å². The molecule has 0 spiro atoms. The van der Waals surface area contributed by atoms with Gasteiger partial charge in [-0.25, -0.2) is 4.98 Å². The van der Waals surface area contributed by atoms with Crippen LogP contribution in [0.25, 0.3) is 0 Å². The number of nitrogens with one attached hydrogen (secondary N) is 2. The molecule has 1 heterocycles. The van der Waals surface area contributed by atoms with E-state index in [0.29, 0.717) is 27.9 Å². The van der Waals surface area contributed by atoms with Crippen LogP contribution in [0.2, 0.25) is 0 Å². The first-order valence-corrected chi connectivity index (χ1v) is 11.2. The molecule has 7 nitrogen and oxygen atoms in total. The maximum atomic E-state index is 12.9. The summed E-state index contributed by atoms with van der Waals surface area (Å²) in [5.41, 5.74) is 1.79. The van der Waals surface area contributed by atoms with Crippen LogP contribution in [0.3, 0.4) is 0 Å². The quantitative estimate of drug-likeness (QED) is 0.471. The summed E-state index contributed by atoms with van der Waals surface area (Å²) in [5, 5.41) is 7.83. The highest BCUT2D eigenvalue weighted by Crippen LogP contribution is 2.31. The van der Waals surface area contributed by atoms with Crippen LogP contribution in [-0.2, 0) is 4.79 Å². The summed E-state index contributed by atoms with van der Waals surface area (Å²) in [6.07, 6.45) is 0. The molecule has 3 rings (SSSR count). The lowest BCUT2D eigenvalue weighted by atomic mass is 10.1. The zero-order valence-electron chi connectivity index (χ0n) is 17.6. The topological polar surface area (TPSA) is 89.5 Å². The first kappa shape index (κ1) is 22.6. The Bertz CT molecular complexity index is 1060. The molecule has 2 amide bonds. The highest BCUT2D eigenvalue weighted by atomic mass is 32.2. The Balaban J connectivity index is 1.69. The number of anilines is 2. The van der Waals surface area contributed by atoms with Crippen LogP contribution in [0.5, 0.6) is 11.5 Å². The van der Waals surface area contributed by atoms with Gasteiger partial charge in [0.15, 0.2) is 5.13 Å². The van der Waals surface area contributed by atoms with Gasteiger partial charge in [-0.1, -0.05) is 12.1 Å². The minimum atomic E-state index is -0.346. The maximum absolute atomic E-state index is 12.9. The maximum Gasteiger partial charge on any atom is 0.263 e. The normalized spacial score (nSPS) is 11.5. The third-order valence-electron chi connectivity index (χ3n) is 4.28. The van der Waals surface area contributed by atoms with E-state index in [1.165, 1.54) is 37.3 Å². The molecule has 0 saturated heterocycles. The summed E-state index contributed by atoms with van der Waals surface area (Å²) in [6.45, 7) is 3.70. The summed E-state index contributed by atoms with van der Waals surface area (Å²) in [6, 6.07) is 12.5. The number of amides is 2. The number of aryl methyl sites for hydroxylation is 1. The smallest absolute Gasteiger partial charge is 0.263 e. The van der Waals surface area contributed by atoms with Crippen LogP contribution in [0, 0.1) is 6.92 Å². The summed E-state index contributed by atoms with van der Waals surface area (Å²) in [7, 11) is 3.00. The summed E-state index contributed by atoms with van der Waals surface area (Å²) < 4.78 is 10.6. The fraction of sp³-hybridized carbons (Fsp3) is 0.227. The zero-order valence-corrected chi connectivity index (χ0v) is 19.2. The largest absolute Gasteiger partial charge is 0.496 e. The predicted molar refractivity (Wildman–Crippen MR) is 125 cm³/mol. The number of nitrogens with zero attached hydrogens (tertiary/aromatic N) is 1. The summed E-state index contributed by atoms with van der Waals surface area (Å²) >= 11 is 2.79. The number of thiazole rings is 1. The highest BCUT2D eigenvalue weighted by molar-refractivity contribution is 8.00. The van der Waals surface area contributed by atoms with Gasteiger partial charge in [0.05, 0.1) is 25.2 Å². The lowest BCUT2D eigenvalue weighted by molar-refractivity contribution is -0.115. The number of ether oxygens (including phenoxy) is 2. The van der Waals surface area contributed by atoms with E-state index in [0.717, 1.165) is 10.6 Å². The van der Waals surface area contributed by atoms with Gasteiger partial charge in [0.25, 0.3) is 5.91 Å². The van der Waals surface area contributed by atoms with Crippen molar-refractivity contribution in [1.29, 1.82) is 0 Å². The standard InChI is InChI=1S/C22H23N3O4S2/c1-13-12-30-22(23-13)25-20(26)14(2)31-16-8-5-7-15(11-16)24-21(27)19-17(28-3)9-6-10-18(19)29-4/h5-12,14H,1-4H3,(H,24,27)(H,23,25,26). The minimum Gasteiger partial charge on any atom is -0.496 e. The van der Waals surface area contributed by atoms with Crippen molar-refractivity contribution >= 4 is 45.7 Å². The van der Waals surface area contributed by atoms with Crippen molar-refractivity contribution in [2.75, 3.05) is 24.9 Å². The van der Waals surface area contributed by atoms with Crippen molar-refractivity contribution in [2.45, 2.75) is 24.0 Å².